The molecule has 0 radical (unpaired) electrons. The highest BCUT2D eigenvalue weighted by molar-refractivity contribution is 6.01. The van der Waals surface area contributed by atoms with Crippen LogP contribution in [0.25, 0.3) is 17.1 Å². The van der Waals surface area contributed by atoms with E-state index in [1.165, 1.54) is 11.5 Å². The van der Waals surface area contributed by atoms with Gasteiger partial charge in [-0.3, -0.25) is 14.5 Å². The number of aryl methyl sites for hydroxylation is 1. The van der Waals surface area contributed by atoms with Crippen LogP contribution in [0.1, 0.15) is 65.5 Å². The number of rotatable bonds is 12. The Morgan fingerprint density at radius 3 is 2.02 bits per heavy atom. The zero-order chi connectivity index (χ0) is 35.2. The first-order valence-electron chi connectivity index (χ1n) is 16.1. The van der Waals surface area contributed by atoms with Gasteiger partial charge >= 0.3 is 17.5 Å². The Bertz CT molecular complexity index is 2150. The molecule has 6 aromatic rings. The van der Waals surface area contributed by atoms with Crippen LogP contribution in [0.2, 0.25) is 0 Å². The minimum atomic E-state index is -0.698. The van der Waals surface area contributed by atoms with Crippen molar-refractivity contribution >= 4 is 11.8 Å². The fraction of sp³-hybridized carbons (Fsp3) is 0.211. The van der Waals surface area contributed by atoms with Crippen molar-refractivity contribution in [2.75, 3.05) is 0 Å². The van der Waals surface area contributed by atoms with Crippen LogP contribution >= 0.6 is 0 Å². The summed E-state index contributed by atoms with van der Waals surface area (Å²) in [5.74, 6) is 0.338. The highest BCUT2D eigenvalue weighted by Crippen LogP contribution is 2.39. The molecule has 50 heavy (non-hydrogen) atoms. The predicted octanol–water partition coefficient (Wildman–Crippen LogP) is 6.39. The number of amides is 2. The van der Waals surface area contributed by atoms with Gasteiger partial charge in [0.15, 0.2) is 5.82 Å². The van der Waals surface area contributed by atoms with Crippen LogP contribution in [0.5, 0.6) is 11.5 Å². The number of aromatic amines is 1. The van der Waals surface area contributed by atoms with E-state index < -0.39 is 17.5 Å². The Labute approximate surface area is 288 Å². The van der Waals surface area contributed by atoms with Gasteiger partial charge in [0.05, 0.1) is 17.8 Å². The fourth-order valence-electron chi connectivity index (χ4n) is 5.39. The molecule has 0 unspecified atom stereocenters. The first-order chi connectivity index (χ1) is 24.2. The summed E-state index contributed by atoms with van der Waals surface area (Å²) in [5, 5.41) is 14.5. The van der Waals surface area contributed by atoms with Crippen molar-refractivity contribution in [3.05, 3.63) is 142 Å². The van der Waals surface area contributed by atoms with Gasteiger partial charge in [-0.1, -0.05) is 86.6 Å². The molecule has 12 heteroatoms. The molecule has 12 nitrogen and oxygen atoms in total. The Balaban J connectivity index is 1.35. The van der Waals surface area contributed by atoms with Crippen molar-refractivity contribution in [1.29, 1.82) is 0 Å². The monoisotopic (exact) mass is 672 g/mol. The number of aromatic nitrogens is 5. The second-order valence-corrected chi connectivity index (χ2v) is 12.0. The molecule has 0 aliphatic carbocycles. The van der Waals surface area contributed by atoms with Crippen molar-refractivity contribution in [1.82, 2.24) is 29.9 Å². The highest BCUT2D eigenvalue weighted by atomic mass is 16.5. The zero-order valence-electron chi connectivity index (χ0n) is 28.1. The van der Waals surface area contributed by atoms with Gasteiger partial charge in [0.1, 0.15) is 24.7 Å². The van der Waals surface area contributed by atoms with Crippen molar-refractivity contribution in [2.24, 2.45) is 0 Å². The van der Waals surface area contributed by atoms with Crippen molar-refractivity contribution < 1.29 is 23.5 Å². The maximum atomic E-state index is 13.3. The van der Waals surface area contributed by atoms with E-state index in [-0.39, 0.29) is 30.9 Å². The second kappa shape index (κ2) is 14.9. The van der Waals surface area contributed by atoms with E-state index >= 15 is 0 Å². The van der Waals surface area contributed by atoms with Crippen LogP contribution in [0, 0.1) is 6.92 Å². The minimum absolute atomic E-state index is 0.0390. The Morgan fingerprint density at radius 2 is 1.46 bits per heavy atom. The van der Waals surface area contributed by atoms with E-state index in [0.29, 0.717) is 40.7 Å². The molecular formula is C38H36N6O6. The number of hydrogen-bond donors (Lipinski definition) is 1. The molecule has 254 valence electrons. The Hall–Kier alpha value is -6.30. The third-order valence-electron chi connectivity index (χ3n) is 7.99. The number of benzene rings is 4. The molecule has 0 atom stereocenters. The van der Waals surface area contributed by atoms with E-state index in [2.05, 4.69) is 34.2 Å². The van der Waals surface area contributed by atoms with Gasteiger partial charge in [0.2, 0.25) is 11.8 Å². The zero-order valence-corrected chi connectivity index (χ0v) is 28.1. The standard InChI is InChI=1S/C38H36N6O6/c1-24(2)31-19-32(34(49-23-29-13-9-6-10-14-29)20-33(31)48-22-28-11-7-5-8-12-28)35-40-42-38(47)44(35)30-17-15-27(16-18-30)21-43(26(4)45)37(46)36-41-39-25(3)50-36/h5-20,24H,21-23H2,1-4H3,(H,42,47). The second-order valence-electron chi connectivity index (χ2n) is 12.0. The molecule has 0 aliphatic rings. The molecule has 0 saturated heterocycles. The molecule has 0 fully saturated rings. The van der Waals surface area contributed by atoms with Gasteiger partial charge in [0, 0.05) is 19.9 Å². The van der Waals surface area contributed by atoms with Crippen LogP contribution in [0.3, 0.4) is 0 Å². The van der Waals surface area contributed by atoms with E-state index in [1.807, 2.05) is 72.8 Å². The number of imide groups is 1. The topological polar surface area (TPSA) is 145 Å². The summed E-state index contributed by atoms with van der Waals surface area (Å²) in [7, 11) is 0. The van der Waals surface area contributed by atoms with Crippen LogP contribution in [0.15, 0.2) is 106 Å². The average Bonchev–Trinajstić information content (AvgIpc) is 3.74. The van der Waals surface area contributed by atoms with Crippen LogP contribution in [-0.4, -0.2) is 41.7 Å². The van der Waals surface area contributed by atoms with Crippen molar-refractivity contribution in [3.8, 4) is 28.6 Å². The Kier molecular flexibility index (Phi) is 9.98. The fourth-order valence-corrected chi connectivity index (χ4v) is 5.39. The number of H-pyrrole nitrogens is 1. The number of carbonyl (C=O) groups is 2. The van der Waals surface area contributed by atoms with Gasteiger partial charge in [-0.2, -0.15) is 5.10 Å². The average molecular weight is 673 g/mol. The highest BCUT2D eigenvalue weighted by Gasteiger charge is 2.26. The minimum Gasteiger partial charge on any atom is -0.488 e. The van der Waals surface area contributed by atoms with E-state index in [9.17, 15) is 14.4 Å². The summed E-state index contributed by atoms with van der Waals surface area (Å²) >= 11 is 0. The largest absolute Gasteiger partial charge is 0.488 e. The lowest BCUT2D eigenvalue weighted by Crippen LogP contribution is -2.34. The summed E-state index contributed by atoms with van der Waals surface area (Å²) < 4.78 is 19.5. The normalized spacial score (nSPS) is 11.1. The molecule has 2 heterocycles. The van der Waals surface area contributed by atoms with Crippen LogP contribution in [0.4, 0.5) is 0 Å². The number of nitrogens with zero attached hydrogens (tertiary/aromatic N) is 5. The van der Waals surface area contributed by atoms with E-state index in [1.54, 1.807) is 31.2 Å². The lowest BCUT2D eigenvalue weighted by atomic mass is 9.98. The van der Waals surface area contributed by atoms with Crippen LogP contribution in [-0.2, 0) is 24.6 Å². The number of ether oxygens (including phenoxy) is 2. The van der Waals surface area contributed by atoms with Crippen LogP contribution < -0.4 is 15.2 Å². The van der Waals surface area contributed by atoms with E-state index in [0.717, 1.165) is 21.6 Å². The quantitative estimate of drug-likeness (QED) is 0.156. The molecule has 0 bridgehead atoms. The first kappa shape index (κ1) is 33.6. The third-order valence-corrected chi connectivity index (χ3v) is 7.99. The number of nitrogens with one attached hydrogen (secondary N) is 1. The van der Waals surface area contributed by atoms with E-state index in [4.69, 9.17) is 13.9 Å². The molecule has 2 amide bonds. The summed E-state index contributed by atoms with van der Waals surface area (Å²) in [5.41, 5.74) is 4.22. The summed E-state index contributed by atoms with van der Waals surface area (Å²) in [6.07, 6.45) is 0. The molecular weight excluding hydrogens is 636 g/mol. The lowest BCUT2D eigenvalue weighted by molar-refractivity contribution is -0.126. The summed E-state index contributed by atoms with van der Waals surface area (Å²) in [4.78, 5) is 39.6. The third kappa shape index (κ3) is 7.54. The van der Waals surface area contributed by atoms with Crippen molar-refractivity contribution in [3.63, 3.8) is 0 Å². The maximum absolute atomic E-state index is 13.3. The SMILES string of the molecule is CC(=O)N(Cc1ccc(-n2c(-c3cc(C(C)C)c(OCc4ccccc4)cc3OCc3ccccc3)n[nH]c2=O)cc1)C(=O)c1nnc(C)o1. The Morgan fingerprint density at radius 1 is 0.840 bits per heavy atom. The molecule has 4 aromatic carbocycles. The molecule has 0 aliphatic heterocycles. The number of hydrogen-bond acceptors (Lipinski definition) is 9. The van der Waals surface area contributed by atoms with Gasteiger partial charge in [-0.15, -0.1) is 10.2 Å². The van der Waals surface area contributed by atoms with Gasteiger partial charge in [-0.05, 0) is 46.4 Å². The molecule has 1 N–H and O–H groups in total. The molecule has 0 spiro atoms. The van der Waals surface area contributed by atoms with Gasteiger partial charge in [-0.25, -0.2) is 14.5 Å². The summed E-state index contributed by atoms with van der Waals surface area (Å²) in [6, 6.07) is 30.4. The molecule has 0 saturated carbocycles. The molecule has 6 rings (SSSR count). The smallest absolute Gasteiger partial charge is 0.348 e. The predicted molar refractivity (Wildman–Crippen MR) is 185 cm³/mol. The number of carbonyl (C=O) groups excluding carboxylic acids is 2. The summed E-state index contributed by atoms with van der Waals surface area (Å²) in [6.45, 7) is 7.61. The maximum Gasteiger partial charge on any atom is 0.348 e. The molecule has 2 aromatic heterocycles. The van der Waals surface area contributed by atoms with Gasteiger partial charge < -0.3 is 13.9 Å². The first-order valence-corrected chi connectivity index (χ1v) is 16.1. The lowest BCUT2D eigenvalue weighted by Gasteiger charge is -2.20. The van der Waals surface area contributed by atoms with Crippen molar-refractivity contribution in [2.45, 2.75) is 53.4 Å². The van der Waals surface area contributed by atoms with Gasteiger partial charge in [0.25, 0.3) is 0 Å².